The Kier molecular flexibility index (Phi) is 6.08. The van der Waals surface area contributed by atoms with E-state index in [1.54, 1.807) is 36.8 Å². The number of carbonyl (C=O) groups is 2. The molecule has 4 rings (SSSR count). The third-order valence-electron chi connectivity index (χ3n) is 5.22. The highest BCUT2D eigenvalue weighted by Crippen LogP contribution is 2.22. The largest absolute Gasteiger partial charge is 0.366 e. The van der Waals surface area contributed by atoms with Gasteiger partial charge in [0.25, 0.3) is 11.8 Å². The lowest BCUT2D eigenvalue weighted by Gasteiger charge is -2.14. The number of nitrogens with one attached hydrogen (secondary N) is 1. The van der Waals surface area contributed by atoms with E-state index in [2.05, 4.69) is 20.5 Å². The van der Waals surface area contributed by atoms with Crippen LogP contribution in [-0.4, -0.2) is 32.6 Å². The number of rotatable bonds is 6. The number of amides is 2. The standard InChI is InChI=1S/C25H22N6O2/c1-16-3-4-17(2)31(16)23-11-20(9-10-22(23)24(26)32)25(33)30-29-12-18-5-7-19(8-6-18)21-13-27-15-28-14-21/h3-15H,1-2H3,(H2,26,32)(H,30,33)/b29-12+. The van der Waals surface area contributed by atoms with Crippen LogP contribution in [0.5, 0.6) is 0 Å². The van der Waals surface area contributed by atoms with Gasteiger partial charge >= 0.3 is 0 Å². The number of hydrogen-bond donors (Lipinski definition) is 2. The SMILES string of the molecule is Cc1ccc(C)n1-c1cc(C(=O)N/N=C/c2ccc(-c3cncnc3)cc2)ccc1C(N)=O. The summed E-state index contributed by atoms with van der Waals surface area (Å²) in [6, 6.07) is 16.3. The Hall–Kier alpha value is -4.59. The molecule has 2 aromatic carbocycles. The first-order valence-electron chi connectivity index (χ1n) is 10.2. The molecule has 0 saturated heterocycles. The Balaban J connectivity index is 1.51. The van der Waals surface area contributed by atoms with Crippen LogP contribution in [0.3, 0.4) is 0 Å². The lowest BCUT2D eigenvalue weighted by Crippen LogP contribution is -2.20. The van der Waals surface area contributed by atoms with E-state index in [4.69, 9.17) is 5.73 Å². The van der Waals surface area contributed by atoms with Crippen molar-refractivity contribution in [1.29, 1.82) is 0 Å². The maximum Gasteiger partial charge on any atom is 0.271 e. The summed E-state index contributed by atoms with van der Waals surface area (Å²) in [6.45, 7) is 3.84. The van der Waals surface area contributed by atoms with Crippen LogP contribution in [0.15, 0.2) is 78.4 Å². The van der Waals surface area contributed by atoms with Gasteiger partial charge < -0.3 is 10.3 Å². The first-order chi connectivity index (χ1) is 15.9. The van der Waals surface area contributed by atoms with E-state index in [1.165, 1.54) is 6.33 Å². The molecule has 2 amide bonds. The van der Waals surface area contributed by atoms with Gasteiger partial charge in [0.2, 0.25) is 0 Å². The maximum atomic E-state index is 12.7. The molecule has 0 aliphatic rings. The van der Waals surface area contributed by atoms with Crippen molar-refractivity contribution in [2.45, 2.75) is 13.8 Å². The first kappa shape index (κ1) is 21.6. The zero-order valence-corrected chi connectivity index (χ0v) is 18.2. The molecule has 0 atom stereocenters. The molecule has 0 fully saturated rings. The van der Waals surface area contributed by atoms with Gasteiger partial charge in [0.1, 0.15) is 6.33 Å². The molecule has 2 aromatic heterocycles. The normalized spacial score (nSPS) is 11.0. The molecule has 2 heterocycles. The zero-order valence-electron chi connectivity index (χ0n) is 18.2. The summed E-state index contributed by atoms with van der Waals surface area (Å²) >= 11 is 0. The molecule has 33 heavy (non-hydrogen) atoms. The summed E-state index contributed by atoms with van der Waals surface area (Å²) in [5.74, 6) is -0.961. The van der Waals surface area contributed by atoms with Crippen molar-refractivity contribution < 1.29 is 9.59 Å². The smallest absolute Gasteiger partial charge is 0.271 e. The summed E-state index contributed by atoms with van der Waals surface area (Å²) in [5, 5.41) is 4.06. The highest BCUT2D eigenvalue weighted by Gasteiger charge is 2.16. The number of hydrazone groups is 1. The van der Waals surface area contributed by atoms with Gasteiger partial charge in [0, 0.05) is 34.9 Å². The Morgan fingerprint density at radius 3 is 2.24 bits per heavy atom. The van der Waals surface area contributed by atoms with E-state index >= 15 is 0 Å². The third kappa shape index (κ3) is 4.69. The molecule has 0 bridgehead atoms. The van der Waals surface area contributed by atoms with Crippen LogP contribution >= 0.6 is 0 Å². The molecular weight excluding hydrogens is 416 g/mol. The minimum absolute atomic E-state index is 0.335. The Morgan fingerprint density at radius 1 is 0.939 bits per heavy atom. The number of aromatic nitrogens is 3. The van der Waals surface area contributed by atoms with E-state index < -0.39 is 11.8 Å². The molecule has 0 unspecified atom stereocenters. The number of nitrogens with two attached hydrogens (primary N) is 1. The number of benzene rings is 2. The van der Waals surface area contributed by atoms with Gasteiger partial charge in [0.15, 0.2) is 0 Å². The monoisotopic (exact) mass is 438 g/mol. The molecule has 0 saturated carbocycles. The highest BCUT2D eigenvalue weighted by molar-refractivity contribution is 6.00. The van der Waals surface area contributed by atoms with Crippen LogP contribution in [-0.2, 0) is 0 Å². The van der Waals surface area contributed by atoms with Gasteiger partial charge in [-0.25, -0.2) is 15.4 Å². The lowest BCUT2D eigenvalue weighted by molar-refractivity contribution is 0.0952. The molecule has 0 aliphatic carbocycles. The van der Waals surface area contributed by atoms with Crippen molar-refractivity contribution in [3.8, 4) is 16.8 Å². The van der Waals surface area contributed by atoms with Gasteiger partial charge in [-0.2, -0.15) is 5.10 Å². The van der Waals surface area contributed by atoms with Crippen molar-refractivity contribution in [3.63, 3.8) is 0 Å². The predicted molar refractivity (Wildman–Crippen MR) is 126 cm³/mol. The van der Waals surface area contributed by atoms with E-state index in [-0.39, 0.29) is 0 Å². The van der Waals surface area contributed by atoms with Crippen molar-refractivity contribution >= 4 is 18.0 Å². The van der Waals surface area contributed by atoms with Crippen LogP contribution in [0.4, 0.5) is 0 Å². The minimum atomic E-state index is -0.562. The van der Waals surface area contributed by atoms with Crippen LogP contribution in [0.2, 0.25) is 0 Å². The van der Waals surface area contributed by atoms with Crippen molar-refractivity contribution in [1.82, 2.24) is 20.0 Å². The molecule has 8 nitrogen and oxygen atoms in total. The molecule has 0 aliphatic heterocycles. The summed E-state index contributed by atoms with van der Waals surface area (Å²) in [6.07, 6.45) is 6.52. The number of carbonyl (C=O) groups excluding carboxylic acids is 2. The quantitative estimate of drug-likeness (QED) is 0.354. The van der Waals surface area contributed by atoms with E-state index in [1.807, 2.05) is 54.8 Å². The summed E-state index contributed by atoms with van der Waals surface area (Å²) in [4.78, 5) is 32.7. The third-order valence-corrected chi connectivity index (χ3v) is 5.22. The predicted octanol–water partition coefficient (Wildman–Crippen LogP) is 3.41. The second-order valence-electron chi connectivity index (χ2n) is 7.50. The molecule has 8 heteroatoms. The molecule has 0 spiro atoms. The lowest BCUT2D eigenvalue weighted by atomic mass is 10.1. The first-order valence-corrected chi connectivity index (χ1v) is 10.2. The average molecular weight is 438 g/mol. The summed E-state index contributed by atoms with van der Waals surface area (Å²) < 4.78 is 1.89. The zero-order chi connectivity index (χ0) is 23.4. The molecule has 4 aromatic rings. The summed E-state index contributed by atoms with van der Waals surface area (Å²) in [5.41, 5.74) is 13.9. The van der Waals surface area contributed by atoms with E-state index in [9.17, 15) is 9.59 Å². The minimum Gasteiger partial charge on any atom is -0.366 e. The van der Waals surface area contributed by atoms with Gasteiger partial charge in [-0.15, -0.1) is 0 Å². The second-order valence-corrected chi connectivity index (χ2v) is 7.50. The Bertz CT molecular complexity index is 1320. The molecular formula is C25H22N6O2. The van der Waals surface area contributed by atoms with Crippen LogP contribution in [0, 0.1) is 13.8 Å². The Labute approximate surface area is 190 Å². The fraction of sp³-hybridized carbons (Fsp3) is 0.0800. The van der Waals surface area contributed by atoms with Gasteiger partial charge in [-0.3, -0.25) is 9.59 Å². The van der Waals surface area contributed by atoms with Gasteiger partial charge in [-0.1, -0.05) is 24.3 Å². The average Bonchev–Trinajstić information content (AvgIpc) is 3.17. The van der Waals surface area contributed by atoms with E-state index in [0.717, 1.165) is 28.1 Å². The van der Waals surface area contributed by atoms with Crippen LogP contribution in [0.1, 0.15) is 37.7 Å². The number of primary amides is 1. The molecule has 164 valence electrons. The van der Waals surface area contributed by atoms with Crippen molar-refractivity contribution in [2.75, 3.05) is 0 Å². The molecule has 0 radical (unpaired) electrons. The van der Waals surface area contributed by atoms with Gasteiger partial charge in [0.05, 0.1) is 17.5 Å². The molecule has 3 N–H and O–H groups in total. The van der Waals surface area contributed by atoms with Crippen LogP contribution in [0.25, 0.3) is 16.8 Å². The highest BCUT2D eigenvalue weighted by atomic mass is 16.2. The van der Waals surface area contributed by atoms with Crippen molar-refractivity contribution in [3.05, 3.63) is 101 Å². The van der Waals surface area contributed by atoms with Crippen LogP contribution < -0.4 is 11.2 Å². The van der Waals surface area contributed by atoms with Crippen molar-refractivity contribution in [2.24, 2.45) is 10.8 Å². The summed E-state index contributed by atoms with van der Waals surface area (Å²) in [7, 11) is 0. The second kappa shape index (κ2) is 9.27. The van der Waals surface area contributed by atoms with E-state index in [0.29, 0.717) is 16.8 Å². The Morgan fingerprint density at radius 2 is 1.61 bits per heavy atom. The number of hydrogen-bond acceptors (Lipinski definition) is 5. The maximum absolute atomic E-state index is 12.7. The topological polar surface area (TPSA) is 115 Å². The fourth-order valence-electron chi connectivity index (χ4n) is 3.55. The number of nitrogens with zero attached hydrogens (tertiary/aromatic N) is 4. The van der Waals surface area contributed by atoms with Gasteiger partial charge in [-0.05, 0) is 55.3 Å². The number of aryl methyl sites for hydroxylation is 2. The fourth-order valence-corrected chi connectivity index (χ4v) is 3.55.